The van der Waals surface area contributed by atoms with Gasteiger partial charge < -0.3 is 14.3 Å². The fourth-order valence-corrected chi connectivity index (χ4v) is 4.82. The molecule has 0 unspecified atom stereocenters. The van der Waals surface area contributed by atoms with E-state index >= 15 is 0 Å². The summed E-state index contributed by atoms with van der Waals surface area (Å²) >= 11 is 0. The quantitative estimate of drug-likeness (QED) is 0.357. The molecule has 0 atom stereocenters. The van der Waals surface area contributed by atoms with E-state index in [4.69, 9.17) is 9.84 Å². The van der Waals surface area contributed by atoms with Gasteiger partial charge >= 0.3 is 0 Å². The molecule has 0 fully saturated rings. The Hall–Kier alpha value is -4.46. The Balaban J connectivity index is 1.39. The molecule has 0 saturated heterocycles. The third-order valence-corrected chi connectivity index (χ3v) is 6.72. The Morgan fingerprint density at radius 2 is 1.92 bits per heavy atom. The molecule has 0 saturated carbocycles. The van der Waals surface area contributed by atoms with Crippen LogP contribution in [0.1, 0.15) is 18.2 Å². The number of H-pyrrole nitrogens is 1. The predicted molar refractivity (Wildman–Crippen MR) is 138 cm³/mol. The molecule has 0 aliphatic heterocycles. The lowest BCUT2D eigenvalue weighted by molar-refractivity contribution is 0.415. The maximum absolute atomic E-state index is 13.5. The number of aromatic nitrogens is 5. The Morgan fingerprint density at radius 1 is 1.08 bits per heavy atom. The summed E-state index contributed by atoms with van der Waals surface area (Å²) in [5, 5.41) is 6.35. The second kappa shape index (κ2) is 8.64. The van der Waals surface area contributed by atoms with Gasteiger partial charge in [0.25, 0.3) is 5.56 Å². The standard InChI is InChI=1S/C28H24FN5O2/c1-3-23-26(17-4-6-19(29)7-5-17)27-31-16-22-25(34(27)32-23)11-13-33(28(22)35)12-10-18-15-30-24-9-8-20(36-2)14-21(18)24/h4-9,11,13-16,30H,3,10,12H2,1-2H3. The summed E-state index contributed by atoms with van der Waals surface area (Å²) < 4.78 is 22.3. The summed E-state index contributed by atoms with van der Waals surface area (Å²) in [5.41, 5.74) is 5.93. The molecule has 6 rings (SSSR count). The van der Waals surface area contributed by atoms with Crippen LogP contribution < -0.4 is 10.3 Å². The van der Waals surface area contributed by atoms with Gasteiger partial charge in [0.2, 0.25) is 0 Å². The number of aromatic amines is 1. The molecule has 8 heteroatoms. The van der Waals surface area contributed by atoms with Crippen molar-refractivity contribution in [1.29, 1.82) is 0 Å². The smallest absolute Gasteiger partial charge is 0.261 e. The average Bonchev–Trinajstić information content (AvgIpc) is 3.49. The first kappa shape index (κ1) is 22.0. The number of ether oxygens (including phenoxy) is 1. The van der Waals surface area contributed by atoms with Crippen LogP contribution in [0.15, 0.2) is 71.9 Å². The first-order chi connectivity index (χ1) is 17.6. The number of hydrogen-bond acceptors (Lipinski definition) is 4. The first-order valence-electron chi connectivity index (χ1n) is 11.9. The van der Waals surface area contributed by atoms with Gasteiger partial charge in [0.1, 0.15) is 11.6 Å². The third kappa shape index (κ3) is 3.53. The molecule has 0 bridgehead atoms. The lowest BCUT2D eigenvalue weighted by Crippen LogP contribution is -2.21. The fourth-order valence-electron chi connectivity index (χ4n) is 4.82. The number of nitrogens with zero attached hydrogens (tertiary/aromatic N) is 4. The average molecular weight is 482 g/mol. The van der Waals surface area contributed by atoms with Crippen LogP contribution in [-0.2, 0) is 19.4 Å². The van der Waals surface area contributed by atoms with E-state index in [2.05, 4.69) is 9.97 Å². The second-order valence-corrected chi connectivity index (χ2v) is 8.76. The minimum absolute atomic E-state index is 0.115. The van der Waals surface area contributed by atoms with E-state index in [1.807, 2.05) is 43.6 Å². The molecule has 6 aromatic rings. The third-order valence-electron chi connectivity index (χ3n) is 6.72. The lowest BCUT2D eigenvalue weighted by atomic mass is 10.0. The van der Waals surface area contributed by atoms with Crippen LogP contribution in [0.4, 0.5) is 4.39 Å². The molecule has 7 nitrogen and oxygen atoms in total. The van der Waals surface area contributed by atoms with Crippen molar-refractivity contribution in [2.75, 3.05) is 7.11 Å². The minimum atomic E-state index is -0.293. The molecule has 2 aromatic carbocycles. The maximum Gasteiger partial charge on any atom is 0.261 e. The number of hydrogen-bond donors (Lipinski definition) is 1. The topological polar surface area (TPSA) is 77.2 Å². The highest BCUT2D eigenvalue weighted by atomic mass is 19.1. The Morgan fingerprint density at radius 3 is 2.69 bits per heavy atom. The van der Waals surface area contributed by atoms with Gasteiger partial charge in [-0.05, 0) is 60.4 Å². The molecule has 0 aliphatic rings. The highest BCUT2D eigenvalue weighted by molar-refractivity contribution is 5.87. The molecular weight excluding hydrogens is 457 g/mol. The largest absolute Gasteiger partial charge is 0.497 e. The minimum Gasteiger partial charge on any atom is -0.497 e. The monoisotopic (exact) mass is 481 g/mol. The molecule has 4 aromatic heterocycles. The van der Waals surface area contributed by atoms with Gasteiger partial charge in [0.05, 0.1) is 23.7 Å². The zero-order chi connectivity index (χ0) is 24.8. The van der Waals surface area contributed by atoms with Crippen LogP contribution in [0, 0.1) is 5.82 Å². The summed E-state index contributed by atoms with van der Waals surface area (Å²) in [6.45, 7) is 2.54. The van der Waals surface area contributed by atoms with Gasteiger partial charge in [-0.1, -0.05) is 19.1 Å². The predicted octanol–water partition coefficient (Wildman–Crippen LogP) is 5.15. The number of halogens is 1. The van der Waals surface area contributed by atoms with E-state index in [-0.39, 0.29) is 11.4 Å². The molecule has 180 valence electrons. The van der Waals surface area contributed by atoms with Crippen molar-refractivity contribution >= 4 is 27.5 Å². The maximum atomic E-state index is 13.5. The van der Waals surface area contributed by atoms with Crippen LogP contribution in [0.5, 0.6) is 5.75 Å². The second-order valence-electron chi connectivity index (χ2n) is 8.76. The van der Waals surface area contributed by atoms with E-state index in [1.165, 1.54) is 12.1 Å². The van der Waals surface area contributed by atoms with Gasteiger partial charge in [-0.3, -0.25) is 4.79 Å². The van der Waals surface area contributed by atoms with Gasteiger partial charge in [0, 0.05) is 41.6 Å². The van der Waals surface area contributed by atoms with Gasteiger partial charge in [-0.25, -0.2) is 13.9 Å². The van der Waals surface area contributed by atoms with Crippen LogP contribution in [-0.4, -0.2) is 31.3 Å². The van der Waals surface area contributed by atoms with Crippen molar-refractivity contribution in [2.45, 2.75) is 26.3 Å². The molecule has 0 radical (unpaired) electrons. The number of pyridine rings is 1. The number of fused-ring (bicyclic) bond motifs is 4. The van der Waals surface area contributed by atoms with Gasteiger partial charge in [-0.2, -0.15) is 5.10 Å². The Labute approximate surface area is 205 Å². The fraction of sp³-hybridized carbons (Fsp3) is 0.179. The van der Waals surface area contributed by atoms with Crippen molar-refractivity contribution in [2.24, 2.45) is 0 Å². The SMILES string of the molecule is CCc1nn2c(ncc3c(=O)n(CCc4c[nH]c5ccc(OC)cc45)ccc32)c1-c1ccc(F)cc1. The normalized spacial score (nSPS) is 11.6. The van der Waals surface area contributed by atoms with Crippen LogP contribution in [0.25, 0.3) is 38.6 Å². The number of methoxy groups -OCH3 is 1. The number of rotatable bonds is 6. The van der Waals surface area contributed by atoms with Crippen molar-refractivity contribution in [1.82, 2.24) is 24.1 Å². The van der Waals surface area contributed by atoms with Crippen LogP contribution >= 0.6 is 0 Å². The Kier molecular flexibility index (Phi) is 5.29. The summed E-state index contributed by atoms with van der Waals surface area (Å²) in [6.07, 6.45) is 6.78. The summed E-state index contributed by atoms with van der Waals surface area (Å²) in [5.74, 6) is 0.506. The first-order valence-corrected chi connectivity index (χ1v) is 11.9. The van der Waals surface area contributed by atoms with Crippen molar-refractivity contribution < 1.29 is 9.13 Å². The zero-order valence-corrected chi connectivity index (χ0v) is 20.0. The molecule has 1 N–H and O–H groups in total. The van der Waals surface area contributed by atoms with E-state index in [0.29, 0.717) is 35.9 Å². The Bertz CT molecular complexity index is 1800. The zero-order valence-electron chi connectivity index (χ0n) is 20.0. The van der Waals surface area contributed by atoms with Gasteiger partial charge in [0.15, 0.2) is 5.65 Å². The molecule has 0 aliphatic carbocycles. The summed E-state index contributed by atoms with van der Waals surface area (Å²) in [6, 6.07) is 14.2. The van der Waals surface area contributed by atoms with Gasteiger partial charge in [-0.15, -0.1) is 0 Å². The van der Waals surface area contributed by atoms with Crippen molar-refractivity contribution in [3.63, 3.8) is 0 Å². The van der Waals surface area contributed by atoms with Crippen molar-refractivity contribution in [3.05, 3.63) is 94.5 Å². The van der Waals surface area contributed by atoms with Crippen LogP contribution in [0.3, 0.4) is 0 Å². The number of nitrogens with one attached hydrogen (secondary N) is 1. The van der Waals surface area contributed by atoms with Crippen LogP contribution in [0.2, 0.25) is 0 Å². The lowest BCUT2D eigenvalue weighted by Gasteiger charge is -2.08. The van der Waals surface area contributed by atoms with E-state index in [1.54, 1.807) is 34.5 Å². The van der Waals surface area contributed by atoms with E-state index in [9.17, 15) is 9.18 Å². The molecular formula is C28H24FN5O2. The highest BCUT2D eigenvalue weighted by Crippen LogP contribution is 2.30. The molecule has 36 heavy (non-hydrogen) atoms. The molecule has 0 spiro atoms. The van der Waals surface area contributed by atoms with Crippen molar-refractivity contribution in [3.8, 4) is 16.9 Å². The highest BCUT2D eigenvalue weighted by Gasteiger charge is 2.18. The number of benzene rings is 2. The summed E-state index contributed by atoms with van der Waals surface area (Å²) in [4.78, 5) is 21.3. The molecule has 4 heterocycles. The number of aryl methyl sites for hydroxylation is 3. The van der Waals surface area contributed by atoms with E-state index < -0.39 is 0 Å². The summed E-state index contributed by atoms with van der Waals surface area (Å²) in [7, 11) is 1.65. The van der Waals surface area contributed by atoms with E-state index in [0.717, 1.165) is 39.0 Å². The molecule has 0 amide bonds.